The molecule has 7 nitrogen and oxygen atoms in total. The van der Waals surface area contributed by atoms with E-state index in [4.69, 9.17) is 0 Å². The van der Waals surface area contributed by atoms with E-state index >= 15 is 0 Å². The molecule has 0 unspecified atom stereocenters. The van der Waals surface area contributed by atoms with E-state index in [1.54, 1.807) is 0 Å². The molecule has 3 heterocycles. The van der Waals surface area contributed by atoms with Crippen molar-refractivity contribution in [3.63, 3.8) is 0 Å². The summed E-state index contributed by atoms with van der Waals surface area (Å²) in [6.07, 6.45) is 2.80. The van der Waals surface area contributed by atoms with E-state index in [0.29, 0.717) is 0 Å². The Morgan fingerprint density at radius 3 is 1.42 bits per heavy atom. The van der Waals surface area contributed by atoms with Gasteiger partial charge in [0.05, 0.1) is 9.73 Å². The highest BCUT2D eigenvalue weighted by Crippen LogP contribution is 2.47. The van der Waals surface area contributed by atoms with Crippen LogP contribution in [0, 0.1) is 0 Å². The molecule has 26 heavy (non-hydrogen) atoms. The van der Waals surface area contributed by atoms with Gasteiger partial charge in [0.15, 0.2) is 0 Å². The molecule has 2 bridgehead atoms. The van der Waals surface area contributed by atoms with Gasteiger partial charge < -0.3 is 0 Å². The number of nitrogens with zero attached hydrogens (tertiary/aromatic N) is 4. The average Bonchev–Trinajstić information content (AvgIpc) is 2.86. The molecule has 0 N–H and O–H groups in total. The Hall–Kier alpha value is -2.87. The number of hydrogen-bond acceptors (Lipinski definition) is 4. The van der Waals surface area contributed by atoms with E-state index in [0.717, 1.165) is 26.9 Å². The second-order valence-electron chi connectivity index (χ2n) is 6.89. The Morgan fingerprint density at radius 2 is 1.12 bits per heavy atom. The molecule has 0 spiro atoms. The van der Waals surface area contributed by atoms with Crippen molar-refractivity contribution in [2.75, 3.05) is 12.5 Å². The SMILES string of the molecule is CS(C)(=O)=Nn1c(=O)n2n(c1=O)C1c3ccccc3C2c2ccccc21. The lowest BCUT2D eigenvalue weighted by atomic mass is 9.78. The van der Waals surface area contributed by atoms with Crippen molar-refractivity contribution in [3.05, 3.63) is 91.8 Å². The fraction of sp³-hybridized carbons (Fsp3) is 0.222. The van der Waals surface area contributed by atoms with Crippen LogP contribution in [0.25, 0.3) is 0 Å². The first-order valence-corrected chi connectivity index (χ1v) is 10.5. The Bertz CT molecular complexity index is 1180. The predicted octanol–water partition coefficient (Wildman–Crippen LogP) is 1.20. The maximum atomic E-state index is 13.0. The van der Waals surface area contributed by atoms with Gasteiger partial charge in [-0.3, -0.25) is 0 Å². The molecule has 8 heteroatoms. The maximum Gasteiger partial charge on any atom is 0.369 e. The lowest BCUT2D eigenvalue weighted by Crippen LogP contribution is -2.44. The summed E-state index contributed by atoms with van der Waals surface area (Å²) < 4.78 is 19.7. The van der Waals surface area contributed by atoms with E-state index in [1.165, 1.54) is 21.9 Å². The van der Waals surface area contributed by atoms with E-state index in [2.05, 4.69) is 4.47 Å². The van der Waals surface area contributed by atoms with Gasteiger partial charge in [0.1, 0.15) is 12.1 Å². The summed E-state index contributed by atoms with van der Waals surface area (Å²) in [6, 6.07) is 14.9. The Kier molecular flexibility index (Phi) is 2.87. The maximum absolute atomic E-state index is 13.0. The van der Waals surface area contributed by atoms with Gasteiger partial charge in [-0.15, -0.1) is 9.15 Å². The Balaban J connectivity index is 1.94. The van der Waals surface area contributed by atoms with Crippen LogP contribution in [0.4, 0.5) is 0 Å². The zero-order valence-electron chi connectivity index (χ0n) is 14.2. The van der Waals surface area contributed by atoms with Crippen LogP contribution in [0.2, 0.25) is 0 Å². The highest BCUT2D eigenvalue weighted by molar-refractivity contribution is 7.92. The normalized spacial score (nSPS) is 19.6. The summed E-state index contributed by atoms with van der Waals surface area (Å²) in [5, 5.41) is 0. The van der Waals surface area contributed by atoms with Crippen molar-refractivity contribution in [3.8, 4) is 0 Å². The second kappa shape index (κ2) is 4.85. The van der Waals surface area contributed by atoms with Gasteiger partial charge in [0.25, 0.3) is 0 Å². The van der Waals surface area contributed by atoms with Crippen LogP contribution >= 0.6 is 0 Å². The number of hydrogen-bond donors (Lipinski definition) is 0. The third-order valence-electron chi connectivity index (χ3n) is 4.92. The molecule has 2 aromatic carbocycles. The third-order valence-corrected chi connectivity index (χ3v) is 5.48. The standard InChI is InChI=1S/C18H16N4O3S/c1-26(2,25)19-20-17(23)21-15-11-7-3-4-8-12(11)16(22(21)18(20)24)14-10-6-5-9-13(14)15/h3-10,15-16H,1-2H3. The lowest BCUT2D eigenvalue weighted by molar-refractivity contribution is 0.350. The summed E-state index contributed by atoms with van der Waals surface area (Å²) in [4.78, 5) is 26.0. The van der Waals surface area contributed by atoms with Crippen molar-refractivity contribution < 1.29 is 4.21 Å². The minimum atomic E-state index is -2.66. The first kappa shape index (κ1) is 15.4. The fourth-order valence-corrected chi connectivity index (χ4v) is 4.61. The predicted molar refractivity (Wildman–Crippen MR) is 98.1 cm³/mol. The molecule has 0 radical (unpaired) electrons. The summed E-state index contributed by atoms with van der Waals surface area (Å²) in [6.45, 7) is 0. The summed E-state index contributed by atoms with van der Waals surface area (Å²) in [7, 11) is -2.66. The topological polar surface area (TPSA) is 78.4 Å². The molecule has 0 amide bonds. The van der Waals surface area contributed by atoms with Gasteiger partial charge in [0, 0.05) is 12.5 Å². The molecule has 1 aliphatic carbocycles. The van der Waals surface area contributed by atoms with Gasteiger partial charge in [-0.05, 0) is 22.3 Å². The minimum Gasteiger partial charge on any atom is -0.248 e. The molecular weight excluding hydrogens is 352 g/mol. The fourth-order valence-electron chi connectivity index (χ4n) is 4.08. The number of aromatic nitrogens is 3. The van der Waals surface area contributed by atoms with E-state index < -0.39 is 33.2 Å². The lowest BCUT2D eigenvalue weighted by Gasteiger charge is -2.41. The Labute approximate surface area is 149 Å². The number of rotatable bonds is 1. The molecule has 6 rings (SSSR count). The van der Waals surface area contributed by atoms with Crippen molar-refractivity contribution in [1.82, 2.24) is 14.0 Å². The van der Waals surface area contributed by atoms with Crippen LogP contribution in [0.1, 0.15) is 34.3 Å². The first-order chi connectivity index (χ1) is 12.4. The van der Waals surface area contributed by atoms with Crippen LogP contribution < -0.4 is 11.4 Å². The van der Waals surface area contributed by atoms with Gasteiger partial charge in [-0.2, -0.15) is 0 Å². The van der Waals surface area contributed by atoms with Crippen LogP contribution in [0.15, 0.2) is 62.6 Å². The highest BCUT2D eigenvalue weighted by atomic mass is 32.2. The van der Waals surface area contributed by atoms with Crippen LogP contribution in [-0.2, 0) is 9.73 Å². The van der Waals surface area contributed by atoms with Crippen molar-refractivity contribution >= 4 is 9.73 Å². The third kappa shape index (κ3) is 1.84. The van der Waals surface area contributed by atoms with Gasteiger partial charge >= 0.3 is 11.4 Å². The summed E-state index contributed by atoms with van der Waals surface area (Å²) in [5.74, 6) is 0. The molecule has 0 saturated carbocycles. The monoisotopic (exact) mass is 368 g/mol. The van der Waals surface area contributed by atoms with Crippen molar-refractivity contribution in [1.29, 1.82) is 0 Å². The van der Waals surface area contributed by atoms with Gasteiger partial charge in [-0.1, -0.05) is 48.5 Å². The molecular formula is C18H16N4O3S. The van der Waals surface area contributed by atoms with Crippen molar-refractivity contribution in [2.45, 2.75) is 12.1 Å². The minimum absolute atomic E-state index is 0.395. The molecule has 0 saturated heterocycles. The molecule has 0 fully saturated rings. The first-order valence-electron chi connectivity index (χ1n) is 8.19. The van der Waals surface area contributed by atoms with Crippen LogP contribution in [0.3, 0.4) is 0 Å². The van der Waals surface area contributed by atoms with Crippen molar-refractivity contribution in [2.24, 2.45) is 4.47 Å². The van der Waals surface area contributed by atoms with E-state index in [1.807, 2.05) is 48.5 Å². The zero-order chi connectivity index (χ0) is 18.2. The van der Waals surface area contributed by atoms with Crippen LogP contribution in [-0.4, -0.2) is 30.8 Å². The number of benzene rings is 2. The van der Waals surface area contributed by atoms with Gasteiger partial charge in [-0.25, -0.2) is 23.2 Å². The van der Waals surface area contributed by atoms with E-state index in [9.17, 15) is 13.8 Å². The summed E-state index contributed by atoms with van der Waals surface area (Å²) >= 11 is 0. The van der Waals surface area contributed by atoms with Gasteiger partial charge in [0.2, 0.25) is 0 Å². The largest absolute Gasteiger partial charge is 0.369 e. The average molecular weight is 368 g/mol. The van der Waals surface area contributed by atoms with E-state index in [-0.39, 0.29) is 0 Å². The Morgan fingerprint density at radius 1 is 0.769 bits per heavy atom. The molecule has 1 aromatic heterocycles. The summed E-state index contributed by atoms with van der Waals surface area (Å²) in [5.41, 5.74) is 2.89. The molecule has 2 aliphatic heterocycles. The molecule has 0 atom stereocenters. The van der Waals surface area contributed by atoms with Crippen LogP contribution in [0.5, 0.6) is 0 Å². The molecule has 132 valence electrons. The molecule has 3 aromatic rings. The zero-order valence-corrected chi connectivity index (χ0v) is 15.0. The smallest absolute Gasteiger partial charge is 0.248 e. The molecule has 3 aliphatic rings. The highest BCUT2D eigenvalue weighted by Gasteiger charge is 2.44. The second-order valence-corrected chi connectivity index (χ2v) is 9.42. The quantitative estimate of drug-likeness (QED) is 0.446.